The molecule has 8 heteroatoms. The Hall–Kier alpha value is -1.96. The van der Waals surface area contributed by atoms with Gasteiger partial charge in [0.15, 0.2) is 6.10 Å². The molecule has 2 rings (SSSR count). The van der Waals surface area contributed by atoms with Crippen LogP contribution in [0.25, 0.3) is 0 Å². The number of amides is 3. The number of halogens is 2. The summed E-state index contributed by atoms with van der Waals surface area (Å²) < 4.78 is 19.1. The lowest BCUT2D eigenvalue weighted by atomic mass is 9.96. The molecule has 0 saturated heterocycles. The first-order valence-electron chi connectivity index (χ1n) is 8.14. The summed E-state index contributed by atoms with van der Waals surface area (Å²) in [6, 6.07) is 3.25. The van der Waals surface area contributed by atoms with E-state index in [-0.39, 0.29) is 11.6 Å². The van der Waals surface area contributed by atoms with Crippen LogP contribution in [0.3, 0.4) is 0 Å². The molecule has 0 aromatic heterocycles. The predicted octanol–water partition coefficient (Wildman–Crippen LogP) is 3.29. The molecule has 1 aliphatic carbocycles. The Labute approximate surface area is 153 Å². The number of hydrogen-bond donors (Lipinski definition) is 2. The molecule has 136 valence electrons. The first-order chi connectivity index (χ1) is 11.9. The summed E-state index contributed by atoms with van der Waals surface area (Å²) in [6.07, 6.45) is 3.78. The smallest absolute Gasteiger partial charge is 0.341 e. The highest BCUT2D eigenvalue weighted by Crippen LogP contribution is 2.18. The molecule has 1 fully saturated rings. The van der Waals surface area contributed by atoms with E-state index in [1.165, 1.54) is 19.1 Å². The number of ether oxygens (including phenoxy) is 1. The highest BCUT2D eigenvalue weighted by atomic mass is 79.9. The SMILES string of the molecule is CC(OC(=O)c1cc(Br)ccc1F)C(=O)NC(=O)NC1CCCCC1. The van der Waals surface area contributed by atoms with Crippen LogP contribution in [-0.4, -0.2) is 30.1 Å². The van der Waals surface area contributed by atoms with Crippen molar-refractivity contribution in [2.45, 2.75) is 51.2 Å². The largest absolute Gasteiger partial charge is 0.449 e. The third-order valence-electron chi connectivity index (χ3n) is 3.98. The lowest BCUT2D eigenvalue weighted by molar-refractivity contribution is -0.127. The van der Waals surface area contributed by atoms with Gasteiger partial charge in [-0.15, -0.1) is 0 Å². The van der Waals surface area contributed by atoms with Crippen molar-refractivity contribution >= 4 is 33.8 Å². The van der Waals surface area contributed by atoms with Crippen molar-refractivity contribution in [3.05, 3.63) is 34.1 Å². The zero-order valence-electron chi connectivity index (χ0n) is 13.8. The highest BCUT2D eigenvalue weighted by molar-refractivity contribution is 9.10. The first-order valence-corrected chi connectivity index (χ1v) is 8.93. The summed E-state index contributed by atoms with van der Waals surface area (Å²) in [5.74, 6) is -2.50. The Bertz CT molecular complexity index is 662. The second kappa shape index (κ2) is 8.94. The van der Waals surface area contributed by atoms with Crippen molar-refractivity contribution < 1.29 is 23.5 Å². The maximum atomic E-state index is 13.7. The molecule has 0 aliphatic heterocycles. The molecule has 1 aliphatic rings. The molecular weight excluding hydrogens is 395 g/mol. The number of rotatable bonds is 4. The van der Waals surface area contributed by atoms with Gasteiger partial charge in [0.1, 0.15) is 5.82 Å². The number of hydrogen-bond acceptors (Lipinski definition) is 4. The number of esters is 1. The van der Waals surface area contributed by atoms with Crippen molar-refractivity contribution in [3.8, 4) is 0 Å². The summed E-state index contributed by atoms with van der Waals surface area (Å²) in [4.78, 5) is 35.8. The van der Waals surface area contributed by atoms with Crippen LogP contribution in [0.2, 0.25) is 0 Å². The molecule has 2 N–H and O–H groups in total. The van der Waals surface area contributed by atoms with Gasteiger partial charge in [0, 0.05) is 10.5 Å². The van der Waals surface area contributed by atoms with E-state index in [2.05, 4.69) is 26.6 Å². The Morgan fingerprint density at radius 2 is 1.92 bits per heavy atom. The Morgan fingerprint density at radius 3 is 2.60 bits per heavy atom. The summed E-state index contributed by atoms with van der Waals surface area (Å²) >= 11 is 3.13. The molecule has 1 aromatic rings. The molecule has 0 radical (unpaired) electrons. The van der Waals surface area contributed by atoms with E-state index in [4.69, 9.17) is 4.74 Å². The van der Waals surface area contributed by atoms with Crippen LogP contribution >= 0.6 is 15.9 Å². The van der Waals surface area contributed by atoms with Gasteiger partial charge in [-0.2, -0.15) is 0 Å². The van der Waals surface area contributed by atoms with Crippen molar-refractivity contribution in [3.63, 3.8) is 0 Å². The summed E-state index contributed by atoms with van der Waals surface area (Å²) in [6.45, 7) is 1.32. The van der Waals surface area contributed by atoms with E-state index < -0.39 is 29.8 Å². The van der Waals surface area contributed by atoms with Crippen LogP contribution in [0, 0.1) is 5.82 Å². The van der Waals surface area contributed by atoms with Crippen LogP contribution in [-0.2, 0) is 9.53 Å². The Kier molecular flexibility index (Phi) is 6.92. The molecule has 1 atom stereocenters. The van der Waals surface area contributed by atoms with Gasteiger partial charge in [0.25, 0.3) is 5.91 Å². The lowest BCUT2D eigenvalue weighted by Gasteiger charge is -2.23. The van der Waals surface area contributed by atoms with Gasteiger partial charge in [-0.05, 0) is 38.0 Å². The number of carbonyl (C=O) groups excluding carboxylic acids is 3. The molecule has 0 bridgehead atoms. The second-order valence-corrected chi connectivity index (χ2v) is 6.89. The van der Waals surface area contributed by atoms with Gasteiger partial charge in [-0.3, -0.25) is 10.1 Å². The second-order valence-electron chi connectivity index (χ2n) is 5.97. The van der Waals surface area contributed by atoms with Crippen LogP contribution in [0.4, 0.5) is 9.18 Å². The van der Waals surface area contributed by atoms with Crippen LogP contribution in [0.1, 0.15) is 49.4 Å². The predicted molar refractivity (Wildman–Crippen MR) is 92.5 cm³/mol. The average Bonchev–Trinajstić information content (AvgIpc) is 2.57. The molecule has 0 spiro atoms. The maximum absolute atomic E-state index is 13.7. The minimum Gasteiger partial charge on any atom is -0.449 e. The van der Waals surface area contributed by atoms with Crippen molar-refractivity contribution in [1.29, 1.82) is 0 Å². The number of urea groups is 1. The fourth-order valence-electron chi connectivity index (χ4n) is 2.61. The van der Waals surface area contributed by atoms with E-state index in [1.807, 2.05) is 0 Å². The van der Waals surface area contributed by atoms with E-state index >= 15 is 0 Å². The zero-order valence-corrected chi connectivity index (χ0v) is 15.4. The van der Waals surface area contributed by atoms with Crippen LogP contribution in [0.15, 0.2) is 22.7 Å². The van der Waals surface area contributed by atoms with Crippen molar-refractivity contribution in [1.82, 2.24) is 10.6 Å². The standard InChI is InChI=1S/C17H20BrFN2O4/c1-10(25-16(23)13-9-11(18)7-8-14(13)19)15(22)21-17(24)20-12-5-3-2-4-6-12/h7-10,12H,2-6H2,1H3,(H2,20,21,22,24). The third kappa shape index (κ3) is 5.81. The summed E-state index contributed by atoms with van der Waals surface area (Å²) in [5.41, 5.74) is -0.291. The molecule has 1 aromatic carbocycles. The third-order valence-corrected chi connectivity index (χ3v) is 4.47. The van der Waals surface area contributed by atoms with E-state index in [0.29, 0.717) is 4.47 Å². The van der Waals surface area contributed by atoms with Gasteiger partial charge in [0.05, 0.1) is 5.56 Å². The van der Waals surface area contributed by atoms with Crippen LogP contribution < -0.4 is 10.6 Å². The van der Waals surface area contributed by atoms with Crippen molar-refractivity contribution in [2.24, 2.45) is 0 Å². The van der Waals surface area contributed by atoms with Gasteiger partial charge < -0.3 is 10.1 Å². The van der Waals surface area contributed by atoms with Crippen LogP contribution in [0.5, 0.6) is 0 Å². The summed E-state index contributed by atoms with van der Waals surface area (Å²) in [5, 5.41) is 4.87. The number of nitrogens with one attached hydrogen (secondary N) is 2. The Morgan fingerprint density at radius 1 is 1.24 bits per heavy atom. The molecule has 25 heavy (non-hydrogen) atoms. The average molecular weight is 415 g/mol. The highest BCUT2D eigenvalue weighted by Gasteiger charge is 2.24. The topological polar surface area (TPSA) is 84.5 Å². The number of carbonyl (C=O) groups is 3. The van der Waals surface area contributed by atoms with E-state index in [1.54, 1.807) is 0 Å². The minimum atomic E-state index is -1.23. The summed E-state index contributed by atoms with van der Waals surface area (Å²) in [7, 11) is 0. The quantitative estimate of drug-likeness (QED) is 0.740. The maximum Gasteiger partial charge on any atom is 0.341 e. The molecule has 3 amide bonds. The fourth-order valence-corrected chi connectivity index (χ4v) is 2.97. The Balaban J connectivity index is 1.85. The molecule has 0 heterocycles. The normalized spacial score (nSPS) is 16.0. The molecule has 6 nitrogen and oxygen atoms in total. The first kappa shape index (κ1) is 19.4. The van der Waals surface area contributed by atoms with Gasteiger partial charge in [0.2, 0.25) is 0 Å². The molecular formula is C17H20BrFN2O4. The minimum absolute atomic E-state index is 0.0511. The van der Waals surface area contributed by atoms with E-state index in [9.17, 15) is 18.8 Å². The molecule has 1 saturated carbocycles. The number of imide groups is 1. The van der Waals surface area contributed by atoms with Crippen molar-refractivity contribution in [2.75, 3.05) is 0 Å². The fraction of sp³-hybridized carbons (Fsp3) is 0.471. The molecule has 1 unspecified atom stereocenters. The lowest BCUT2D eigenvalue weighted by Crippen LogP contribution is -2.48. The van der Waals surface area contributed by atoms with E-state index in [0.717, 1.165) is 38.2 Å². The van der Waals surface area contributed by atoms with Gasteiger partial charge in [-0.1, -0.05) is 35.2 Å². The van der Waals surface area contributed by atoms with Gasteiger partial charge >= 0.3 is 12.0 Å². The zero-order chi connectivity index (χ0) is 18.4. The number of benzene rings is 1. The van der Waals surface area contributed by atoms with Gasteiger partial charge in [-0.25, -0.2) is 14.0 Å². The monoisotopic (exact) mass is 414 g/mol.